The zero-order chi connectivity index (χ0) is 25.1. The predicted octanol–water partition coefficient (Wildman–Crippen LogP) is 5.97. The summed E-state index contributed by atoms with van der Waals surface area (Å²) in [6.45, 7) is 8.31. The Balaban J connectivity index is 1.71. The van der Waals surface area contributed by atoms with E-state index in [2.05, 4.69) is 50.5 Å². The second-order valence-corrected chi connectivity index (χ2v) is 10.1. The van der Waals surface area contributed by atoms with E-state index in [0.717, 1.165) is 54.0 Å². The van der Waals surface area contributed by atoms with Crippen LogP contribution >= 0.6 is 0 Å². The van der Waals surface area contributed by atoms with Crippen LogP contribution in [-0.2, 0) is 4.79 Å². The number of anilines is 2. The first-order chi connectivity index (χ1) is 16.8. The highest BCUT2D eigenvalue weighted by atomic mass is 16.4. The number of aromatic nitrogens is 2. The van der Waals surface area contributed by atoms with Crippen LogP contribution in [0.25, 0.3) is 5.65 Å². The van der Waals surface area contributed by atoms with Gasteiger partial charge in [0.25, 0.3) is 5.91 Å². The van der Waals surface area contributed by atoms with Crippen LogP contribution in [0.5, 0.6) is 0 Å². The molecule has 0 radical (unpaired) electrons. The van der Waals surface area contributed by atoms with Crippen LogP contribution in [0.3, 0.4) is 0 Å². The van der Waals surface area contributed by atoms with E-state index in [9.17, 15) is 14.7 Å². The lowest BCUT2D eigenvalue weighted by Crippen LogP contribution is -2.42. The average Bonchev–Trinajstić information content (AvgIpc) is 3.20. The number of carbonyl (C=O) groups excluding carboxylic acids is 1. The number of para-hydroxylation sites is 1. The molecule has 0 spiro atoms. The second-order valence-electron chi connectivity index (χ2n) is 10.1. The molecule has 0 bridgehead atoms. The minimum Gasteiger partial charge on any atom is -0.481 e. The third-order valence-corrected chi connectivity index (χ3v) is 7.12. The predicted molar refractivity (Wildman–Crippen MR) is 139 cm³/mol. The van der Waals surface area contributed by atoms with Gasteiger partial charge >= 0.3 is 5.97 Å². The molecule has 7 heteroatoms. The molecule has 1 aromatic carbocycles. The van der Waals surface area contributed by atoms with Crippen molar-refractivity contribution < 1.29 is 14.7 Å². The van der Waals surface area contributed by atoms with Gasteiger partial charge in [0.05, 0.1) is 17.7 Å². The Hall–Kier alpha value is -3.35. The Bertz CT molecular complexity index is 1200. The van der Waals surface area contributed by atoms with E-state index in [0.29, 0.717) is 11.2 Å². The van der Waals surface area contributed by atoms with Crippen molar-refractivity contribution in [2.75, 3.05) is 5.32 Å². The van der Waals surface area contributed by atoms with E-state index in [1.165, 1.54) is 6.42 Å². The van der Waals surface area contributed by atoms with Crippen molar-refractivity contribution in [3.63, 3.8) is 0 Å². The molecule has 35 heavy (non-hydrogen) atoms. The zero-order valence-corrected chi connectivity index (χ0v) is 21.1. The Morgan fingerprint density at radius 3 is 2.40 bits per heavy atom. The summed E-state index contributed by atoms with van der Waals surface area (Å²) >= 11 is 0. The Morgan fingerprint density at radius 2 is 1.77 bits per heavy atom. The van der Waals surface area contributed by atoms with Crippen LogP contribution in [-0.4, -0.2) is 32.4 Å². The molecule has 1 aliphatic carbocycles. The molecule has 1 atom stereocenters. The van der Waals surface area contributed by atoms with Crippen molar-refractivity contribution in [2.45, 2.75) is 78.2 Å². The van der Waals surface area contributed by atoms with Gasteiger partial charge in [0.1, 0.15) is 5.82 Å². The van der Waals surface area contributed by atoms with E-state index in [-0.39, 0.29) is 30.2 Å². The third-order valence-electron chi connectivity index (χ3n) is 7.12. The van der Waals surface area contributed by atoms with Crippen molar-refractivity contribution in [3.8, 4) is 0 Å². The number of aryl methyl sites for hydroxylation is 2. The van der Waals surface area contributed by atoms with Gasteiger partial charge < -0.3 is 15.7 Å². The van der Waals surface area contributed by atoms with Gasteiger partial charge in [-0.05, 0) is 61.8 Å². The highest BCUT2D eigenvalue weighted by Gasteiger charge is 2.29. The van der Waals surface area contributed by atoms with Gasteiger partial charge in [-0.15, -0.1) is 0 Å². The summed E-state index contributed by atoms with van der Waals surface area (Å²) in [6, 6.07) is 9.41. The molecular weight excluding hydrogens is 440 g/mol. The second kappa shape index (κ2) is 10.5. The highest BCUT2D eigenvalue weighted by Crippen LogP contribution is 2.32. The van der Waals surface area contributed by atoms with Crippen LogP contribution in [0.15, 0.2) is 36.5 Å². The summed E-state index contributed by atoms with van der Waals surface area (Å²) in [7, 11) is 0. The lowest BCUT2D eigenvalue weighted by atomic mass is 9.82. The number of amides is 1. The number of carbonyl (C=O) groups is 2. The number of rotatable bonds is 8. The first kappa shape index (κ1) is 24.8. The number of hydrogen-bond donors (Lipinski definition) is 3. The first-order valence-electron chi connectivity index (χ1n) is 12.6. The molecule has 3 N–H and O–H groups in total. The van der Waals surface area contributed by atoms with Gasteiger partial charge in [0.2, 0.25) is 0 Å². The quantitative estimate of drug-likeness (QED) is 0.372. The molecule has 3 aromatic rings. The largest absolute Gasteiger partial charge is 0.481 e. The van der Waals surface area contributed by atoms with Gasteiger partial charge in [-0.25, -0.2) is 4.98 Å². The van der Waals surface area contributed by atoms with Crippen molar-refractivity contribution in [3.05, 3.63) is 58.9 Å². The molecular formula is C28H36N4O3. The Labute approximate surface area is 207 Å². The first-order valence-corrected chi connectivity index (χ1v) is 12.6. The number of hydrogen-bond acceptors (Lipinski definition) is 4. The van der Waals surface area contributed by atoms with E-state index in [4.69, 9.17) is 4.98 Å². The number of benzene rings is 1. The maximum Gasteiger partial charge on any atom is 0.305 e. The highest BCUT2D eigenvalue weighted by molar-refractivity contribution is 6.00. The molecule has 0 saturated heterocycles. The number of pyridine rings is 1. The van der Waals surface area contributed by atoms with E-state index in [1.54, 1.807) is 6.07 Å². The molecule has 2 heterocycles. The normalized spacial score (nSPS) is 15.3. The van der Waals surface area contributed by atoms with E-state index < -0.39 is 5.97 Å². The number of nitrogens with zero attached hydrogens (tertiary/aromatic N) is 2. The number of imidazole rings is 1. The molecule has 0 aliphatic heterocycles. The Kier molecular flexibility index (Phi) is 7.43. The van der Waals surface area contributed by atoms with E-state index >= 15 is 0 Å². The summed E-state index contributed by atoms with van der Waals surface area (Å²) in [5, 5.41) is 16.1. The van der Waals surface area contributed by atoms with Crippen molar-refractivity contribution >= 4 is 29.0 Å². The van der Waals surface area contributed by atoms with Crippen LogP contribution in [0.2, 0.25) is 0 Å². The van der Waals surface area contributed by atoms with Crippen LogP contribution < -0.4 is 10.6 Å². The molecule has 4 rings (SSSR count). The summed E-state index contributed by atoms with van der Waals surface area (Å²) < 4.78 is 1.93. The third kappa shape index (κ3) is 5.34. The molecule has 1 aliphatic rings. The molecule has 186 valence electrons. The fourth-order valence-electron chi connectivity index (χ4n) is 5.23. The van der Waals surface area contributed by atoms with Crippen molar-refractivity contribution in [1.82, 2.24) is 14.7 Å². The molecule has 1 unspecified atom stereocenters. The summed E-state index contributed by atoms with van der Waals surface area (Å²) in [5.41, 5.74) is 5.20. The molecule has 1 saturated carbocycles. The SMILES string of the molecule is Cc1cccc(C)c1Nc1c(C(C)C)nc2c(C(=O)NC(CC(=O)O)C3CCCCC3)cccn12. The van der Waals surface area contributed by atoms with E-state index in [1.807, 2.05) is 22.7 Å². The zero-order valence-electron chi connectivity index (χ0n) is 21.1. The van der Waals surface area contributed by atoms with Crippen molar-refractivity contribution in [2.24, 2.45) is 5.92 Å². The monoisotopic (exact) mass is 476 g/mol. The number of carboxylic acids is 1. The maximum atomic E-state index is 13.5. The lowest BCUT2D eigenvalue weighted by molar-refractivity contribution is -0.137. The molecule has 1 fully saturated rings. The fourth-order valence-corrected chi connectivity index (χ4v) is 5.23. The average molecular weight is 477 g/mol. The topological polar surface area (TPSA) is 95.7 Å². The summed E-state index contributed by atoms with van der Waals surface area (Å²) in [4.78, 5) is 29.9. The van der Waals surface area contributed by atoms with Crippen LogP contribution in [0.4, 0.5) is 11.5 Å². The maximum absolute atomic E-state index is 13.5. The number of aliphatic carboxylic acids is 1. The van der Waals surface area contributed by atoms with Gasteiger partial charge in [-0.2, -0.15) is 0 Å². The van der Waals surface area contributed by atoms with Crippen LogP contribution in [0.1, 0.15) is 85.5 Å². The number of fused-ring (bicyclic) bond motifs is 1. The van der Waals surface area contributed by atoms with Gasteiger partial charge in [0, 0.05) is 17.9 Å². The standard InChI is InChI=1S/C28H36N4O3/c1-17(2)24-27(31-25-18(3)10-8-11-19(25)4)32-15-9-14-21(26(32)30-24)28(35)29-22(16-23(33)34)20-12-6-5-7-13-20/h8-11,14-15,17,20,22,31H,5-7,12-13,16H2,1-4H3,(H,29,35)(H,33,34). The summed E-state index contributed by atoms with van der Waals surface area (Å²) in [5.74, 6) is 0.0141. The fraction of sp³-hybridized carbons (Fsp3) is 0.464. The minimum atomic E-state index is -0.887. The number of nitrogens with one attached hydrogen (secondary N) is 2. The van der Waals surface area contributed by atoms with Gasteiger partial charge in [-0.3, -0.25) is 14.0 Å². The van der Waals surface area contributed by atoms with Gasteiger partial charge in [0.15, 0.2) is 5.65 Å². The molecule has 1 amide bonds. The molecule has 2 aromatic heterocycles. The van der Waals surface area contributed by atoms with Crippen molar-refractivity contribution in [1.29, 1.82) is 0 Å². The molecule has 7 nitrogen and oxygen atoms in total. The smallest absolute Gasteiger partial charge is 0.305 e. The lowest BCUT2D eigenvalue weighted by Gasteiger charge is -2.30. The van der Waals surface area contributed by atoms with Crippen LogP contribution in [0, 0.1) is 19.8 Å². The van der Waals surface area contributed by atoms with Gasteiger partial charge in [-0.1, -0.05) is 51.3 Å². The Morgan fingerprint density at radius 1 is 1.09 bits per heavy atom. The minimum absolute atomic E-state index is 0.0649. The number of carboxylic acid groups (broad SMARTS) is 1. The summed E-state index contributed by atoms with van der Waals surface area (Å²) in [6.07, 6.45) is 7.09.